The lowest BCUT2D eigenvalue weighted by molar-refractivity contribution is 0.0916. The highest BCUT2D eigenvalue weighted by atomic mass is 16.5. The molecule has 0 unspecified atom stereocenters. The van der Waals surface area contributed by atoms with Gasteiger partial charge in [0.2, 0.25) is 5.76 Å². The van der Waals surface area contributed by atoms with Crippen molar-refractivity contribution in [2.45, 2.75) is 19.8 Å². The molecule has 1 aromatic heterocycles. The van der Waals surface area contributed by atoms with Crippen molar-refractivity contribution in [3.05, 3.63) is 71.5 Å². The molecule has 3 rings (SSSR count). The molecule has 26 heavy (non-hydrogen) atoms. The van der Waals surface area contributed by atoms with E-state index in [1.165, 1.54) is 11.1 Å². The van der Waals surface area contributed by atoms with E-state index in [0.717, 1.165) is 24.2 Å². The van der Waals surface area contributed by atoms with Gasteiger partial charge in [-0.25, -0.2) is 0 Å². The van der Waals surface area contributed by atoms with E-state index in [1.807, 2.05) is 55.5 Å². The maximum Gasteiger partial charge on any atom is 0.289 e. The fourth-order valence-corrected chi connectivity index (χ4v) is 2.62. The number of nitrogens with zero attached hydrogens (tertiary/aromatic N) is 1. The summed E-state index contributed by atoms with van der Waals surface area (Å²) >= 11 is 0. The van der Waals surface area contributed by atoms with E-state index in [2.05, 4.69) is 10.5 Å². The summed E-state index contributed by atoms with van der Waals surface area (Å²) in [6.07, 6.45) is 1.73. The number of methoxy groups -OCH3 is 1. The van der Waals surface area contributed by atoms with Crippen LogP contribution in [0.5, 0.6) is 5.75 Å². The number of rotatable bonds is 7. The first-order valence-electron chi connectivity index (χ1n) is 8.60. The lowest BCUT2D eigenvalue weighted by Gasteiger charge is -2.04. The molecule has 0 saturated heterocycles. The number of carbonyl (C=O) groups excluding carboxylic acids is 1. The second-order valence-electron chi connectivity index (χ2n) is 6.15. The van der Waals surface area contributed by atoms with Gasteiger partial charge in [-0.1, -0.05) is 47.1 Å². The Balaban J connectivity index is 1.48. The normalized spacial score (nSPS) is 10.5. The Labute approximate surface area is 153 Å². The molecule has 0 aliphatic heterocycles. The van der Waals surface area contributed by atoms with Gasteiger partial charge in [0.1, 0.15) is 11.4 Å². The molecule has 1 heterocycles. The Morgan fingerprint density at radius 3 is 2.54 bits per heavy atom. The summed E-state index contributed by atoms with van der Waals surface area (Å²) in [7, 11) is 1.65. The lowest BCUT2D eigenvalue weighted by atomic mass is 10.1. The summed E-state index contributed by atoms with van der Waals surface area (Å²) in [5, 5.41) is 6.85. The number of ether oxygens (including phenoxy) is 1. The summed E-state index contributed by atoms with van der Waals surface area (Å²) in [6, 6.07) is 17.5. The Hall–Kier alpha value is -3.08. The first-order chi connectivity index (χ1) is 12.7. The fraction of sp³-hybridized carbons (Fsp3) is 0.238. The first kappa shape index (κ1) is 17.7. The summed E-state index contributed by atoms with van der Waals surface area (Å²) in [4.78, 5) is 12.2. The second-order valence-corrected chi connectivity index (χ2v) is 6.15. The van der Waals surface area contributed by atoms with Gasteiger partial charge in [-0.3, -0.25) is 4.79 Å². The van der Waals surface area contributed by atoms with Gasteiger partial charge >= 0.3 is 0 Å². The number of hydrogen-bond donors (Lipinski definition) is 1. The SMILES string of the molecule is COc1ccc(CCCNC(=O)c2cc(-c3ccc(C)cc3)no2)cc1. The molecule has 0 aliphatic carbocycles. The summed E-state index contributed by atoms with van der Waals surface area (Å²) in [5.74, 6) is 0.826. The monoisotopic (exact) mass is 350 g/mol. The number of amides is 1. The van der Waals surface area contributed by atoms with E-state index in [-0.39, 0.29) is 11.7 Å². The largest absolute Gasteiger partial charge is 0.497 e. The van der Waals surface area contributed by atoms with Crippen LogP contribution in [0.4, 0.5) is 0 Å². The molecule has 0 saturated carbocycles. The highest BCUT2D eigenvalue weighted by Gasteiger charge is 2.13. The molecule has 0 aliphatic rings. The molecular weight excluding hydrogens is 328 g/mol. The minimum absolute atomic E-state index is 0.227. The molecule has 134 valence electrons. The van der Waals surface area contributed by atoms with Crippen molar-refractivity contribution >= 4 is 5.91 Å². The van der Waals surface area contributed by atoms with Crippen molar-refractivity contribution in [1.29, 1.82) is 0 Å². The van der Waals surface area contributed by atoms with Crippen LogP contribution in [-0.2, 0) is 6.42 Å². The first-order valence-corrected chi connectivity index (χ1v) is 8.60. The predicted octanol–water partition coefficient (Wildman–Crippen LogP) is 4.02. The molecule has 1 amide bonds. The predicted molar refractivity (Wildman–Crippen MR) is 100 cm³/mol. The van der Waals surface area contributed by atoms with Crippen molar-refractivity contribution in [1.82, 2.24) is 10.5 Å². The maximum atomic E-state index is 12.2. The number of aryl methyl sites for hydroxylation is 2. The number of hydrogen-bond acceptors (Lipinski definition) is 4. The van der Waals surface area contributed by atoms with E-state index in [0.29, 0.717) is 12.2 Å². The van der Waals surface area contributed by atoms with Crippen LogP contribution in [0.25, 0.3) is 11.3 Å². The van der Waals surface area contributed by atoms with Crippen molar-refractivity contribution in [2.75, 3.05) is 13.7 Å². The Morgan fingerprint density at radius 1 is 1.12 bits per heavy atom. The Morgan fingerprint density at radius 2 is 1.85 bits per heavy atom. The van der Waals surface area contributed by atoms with Crippen molar-refractivity contribution in [2.24, 2.45) is 0 Å². The number of carbonyl (C=O) groups is 1. The van der Waals surface area contributed by atoms with Gasteiger partial charge in [0.25, 0.3) is 5.91 Å². The highest BCUT2D eigenvalue weighted by molar-refractivity contribution is 5.92. The molecule has 0 spiro atoms. The van der Waals surface area contributed by atoms with Crippen LogP contribution in [-0.4, -0.2) is 24.7 Å². The molecule has 5 nitrogen and oxygen atoms in total. The zero-order chi connectivity index (χ0) is 18.4. The number of aromatic nitrogens is 1. The van der Waals surface area contributed by atoms with Crippen LogP contribution in [0.15, 0.2) is 59.1 Å². The number of benzene rings is 2. The summed E-state index contributed by atoms with van der Waals surface area (Å²) < 4.78 is 10.3. The third-order valence-corrected chi connectivity index (χ3v) is 4.17. The summed E-state index contributed by atoms with van der Waals surface area (Å²) in [6.45, 7) is 2.60. The fourth-order valence-electron chi connectivity index (χ4n) is 2.62. The molecular formula is C21H22N2O3. The van der Waals surface area contributed by atoms with Crippen LogP contribution in [0.1, 0.15) is 28.1 Å². The quantitative estimate of drug-likeness (QED) is 0.654. The topological polar surface area (TPSA) is 64.4 Å². The lowest BCUT2D eigenvalue weighted by Crippen LogP contribution is -2.24. The minimum Gasteiger partial charge on any atom is -0.497 e. The van der Waals surface area contributed by atoms with Gasteiger partial charge in [0, 0.05) is 18.2 Å². The van der Waals surface area contributed by atoms with Crippen LogP contribution in [0, 0.1) is 6.92 Å². The Bertz CT molecular complexity index is 852. The van der Waals surface area contributed by atoms with Gasteiger partial charge in [0.05, 0.1) is 7.11 Å². The van der Waals surface area contributed by atoms with Gasteiger partial charge in [0.15, 0.2) is 0 Å². The van der Waals surface area contributed by atoms with Crippen LogP contribution in [0.3, 0.4) is 0 Å². The molecule has 0 atom stereocenters. The highest BCUT2D eigenvalue weighted by Crippen LogP contribution is 2.19. The van der Waals surface area contributed by atoms with E-state index < -0.39 is 0 Å². The van der Waals surface area contributed by atoms with Crippen molar-refractivity contribution in [3.8, 4) is 17.0 Å². The minimum atomic E-state index is -0.245. The molecule has 2 aromatic carbocycles. The average molecular weight is 350 g/mol. The Kier molecular flexibility index (Phi) is 5.69. The zero-order valence-corrected chi connectivity index (χ0v) is 15.0. The van der Waals surface area contributed by atoms with Crippen LogP contribution < -0.4 is 10.1 Å². The average Bonchev–Trinajstić information content (AvgIpc) is 3.16. The molecule has 1 N–H and O–H groups in total. The molecule has 5 heteroatoms. The van der Waals surface area contributed by atoms with Gasteiger partial charge in [-0.05, 0) is 37.5 Å². The third kappa shape index (κ3) is 4.51. The van der Waals surface area contributed by atoms with E-state index in [4.69, 9.17) is 9.26 Å². The van der Waals surface area contributed by atoms with Crippen LogP contribution in [0.2, 0.25) is 0 Å². The molecule has 0 radical (unpaired) electrons. The van der Waals surface area contributed by atoms with E-state index >= 15 is 0 Å². The van der Waals surface area contributed by atoms with Crippen molar-refractivity contribution in [3.63, 3.8) is 0 Å². The maximum absolute atomic E-state index is 12.2. The van der Waals surface area contributed by atoms with Gasteiger partial charge in [-0.2, -0.15) is 0 Å². The second kappa shape index (κ2) is 8.34. The van der Waals surface area contributed by atoms with Crippen LogP contribution >= 0.6 is 0 Å². The standard InChI is InChI=1S/C21H22N2O3/c1-15-5-9-17(10-6-15)19-14-20(26-23-19)21(24)22-13-3-4-16-7-11-18(25-2)12-8-16/h5-12,14H,3-4,13H2,1-2H3,(H,22,24). The third-order valence-electron chi connectivity index (χ3n) is 4.17. The molecule has 3 aromatic rings. The number of nitrogens with one attached hydrogen (secondary N) is 1. The van der Waals surface area contributed by atoms with Gasteiger partial charge in [-0.15, -0.1) is 0 Å². The zero-order valence-electron chi connectivity index (χ0n) is 15.0. The molecule has 0 fully saturated rings. The molecule has 0 bridgehead atoms. The van der Waals surface area contributed by atoms with Gasteiger partial charge < -0.3 is 14.6 Å². The summed E-state index contributed by atoms with van der Waals surface area (Å²) in [5.41, 5.74) is 3.97. The smallest absolute Gasteiger partial charge is 0.289 e. The van der Waals surface area contributed by atoms with E-state index in [9.17, 15) is 4.79 Å². The van der Waals surface area contributed by atoms with Crippen molar-refractivity contribution < 1.29 is 14.1 Å². The van der Waals surface area contributed by atoms with E-state index in [1.54, 1.807) is 13.2 Å².